The van der Waals surface area contributed by atoms with Gasteiger partial charge in [0.05, 0.1) is 6.61 Å². The van der Waals surface area contributed by atoms with Crippen molar-refractivity contribution in [1.29, 1.82) is 0 Å². The van der Waals surface area contributed by atoms with Crippen LogP contribution in [0.15, 0.2) is 12.2 Å². The van der Waals surface area contributed by atoms with E-state index in [1.165, 1.54) is 89.9 Å². The lowest BCUT2D eigenvalue weighted by Crippen LogP contribution is -2.29. The average Bonchev–Trinajstić information content (AvgIpc) is 2.98. The van der Waals surface area contributed by atoms with E-state index < -0.39 is 32.5 Å². The zero-order valence-corrected chi connectivity index (χ0v) is 29.2. The lowest BCUT2D eigenvalue weighted by molar-refractivity contribution is -0.161. The maximum absolute atomic E-state index is 12.3. The summed E-state index contributed by atoms with van der Waals surface area (Å²) in [6.45, 7) is 3.65. The minimum absolute atomic E-state index is 0.215. The first-order valence-corrected chi connectivity index (χ1v) is 19.5. The number of hydrogen-bond acceptors (Lipinski definition) is 6. The molecule has 44 heavy (non-hydrogen) atoms. The van der Waals surface area contributed by atoms with Gasteiger partial charge in [-0.1, -0.05) is 142 Å². The first-order chi connectivity index (χ1) is 21.3. The number of unbranched alkanes of at least 4 members (excludes halogenated alkanes) is 21. The van der Waals surface area contributed by atoms with E-state index in [-0.39, 0.29) is 19.4 Å². The molecule has 0 saturated heterocycles. The lowest BCUT2D eigenvalue weighted by Gasteiger charge is -2.18. The Bertz CT molecular complexity index is 736. The second-order valence-corrected chi connectivity index (χ2v) is 13.4. The molecule has 0 aliphatic carbocycles. The molecule has 0 saturated carbocycles. The molecule has 2 N–H and O–H groups in total. The molecule has 0 heterocycles. The Balaban J connectivity index is 3.98. The Kier molecular flexibility index (Phi) is 30.9. The van der Waals surface area contributed by atoms with E-state index in [0.717, 1.165) is 51.4 Å². The monoisotopic (exact) mass is 646 g/mol. The van der Waals surface area contributed by atoms with Gasteiger partial charge in [-0.15, -0.1) is 0 Å². The van der Waals surface area contributed by atoms with Crippen LogP contribution in [0.3, 0.4) is 0 Å². The van der Waals surface area contributed by atoms with E-state index in [2.05, 4.69) is 30.5 Å². The van der Waals surface area contributed by atoms with Gasteiger partial charge in [-0.25, -0.2) is 4.57 Å². The highest BCUT2D eigenvalue weighted by Gasteiger charge is 2.22. The van der Waals surface area contributed by atoms with Crippen LogP contribution in [0.5, 0.6) is 0 Å². The summed E-state index contributed by atoms with van der Waals surface area (Å²) in [7, 11) is -4.74. The van der Waals surface area contributed by atoms with Crippen LogP contribution >= 0.6 is 7.82 Å². The fraction of sp³-hybridized carbons (Fsp3) is 0.886. The number of hydrogen-bond donors (Lipinski definition) is 2. The predicted molar refractivity (Wildman–Crippen MR) is 179 cm³/mol. The summed E-state index contributed by atoms with van der Waals surface area (Å²) in [4.78, 5) is 42.6. The molecule has 0 amide bonds. The Morgan fingerprint density at radius 1 is 0.568 bits per heavy atom. The molecule has 1 atom stereocenters. The molecule has 0 bridgehead atoms. The van der Waals surface area contributed by atoms with Gasteiger partial charge in [-0.3, -0.25) is 14.1 Å². The number of phosphoric acid groups is 1. The van der Waals surface area contributed by atoms with Crippen molar-refractivity contribution in [3.05, 3.63) is 12.2 Å². The highest BCUT2D eigenvalue weighted by atomic mass is 31.2. The summed E-state index contributed by atoms with van der Waals surface area (Å²) in [5, 5.41) is 0. The summed E-state index contributed by atoms with van der Waals surface area (Å²) in [6.07, 6.45) is 32.1. The minimum atomic E-state index is -4.74. The Morgan fingerprint density at radius 3 is 1.41 bits per heavy atom. The molecule has 0 aromatic carbocycles. The standard InChI is InChI=1S/C35H67O8P/c1-3-5-7-9-11-13-15-17-19-21-23-25-27-29-34(36)41-31-33(32-42-44(38,39)40)43-35(37)30-28-26-24-22-20-18-16-14-12-10-8-6-4-2/h13,15,33H,3-12,14,16-32H2,1-2H3,(H2,38,39,40)/b15-13-. The summed E-state index contributed by atoms with van der Waals surface area (Å²) < 4.78 is 26.2. The number of carbonyl (C=O) groups excluding carboxylic acids is 2. The maximum atomic E-state index is 12.3. The van der Waals surface area contributed by atoms with Gasteiger partial charge in [0.15, 0.2) is 6.10 Å². The highest BCUT2D eigenvalue weighted by Crippen LogP contribution is 2.36. The SMILES string of the molecule is CCCCCC/C=C\CCCCCCCC(=O)OCC(COP(=O)(O)O)OC(=O)CCCCCCCCCCCCCCC. The van der Waals surface area contributed by atoms with E-state index in [4.69, 9.17) is 19.3 Å². The normalized spacial score (nSPS) is 12.5. The van der Waals surface area contributed by atoms with Crippen molar-refractivity contribution in [1.82, 2.24) is 0 Å². The third-order valence-electron chi connectivity index (χ3n) is 7.78. The second kappa shape index (κ2) is 31.8. The van der Waals surface area contributed by atoms with Crippen molar-refractivity contribution in [2.75, 3.05) is 13.2 Å². The van der Waals surface area contributed by atoms with Crippen LogP contribution in [0, 0.1) is 0 Å². The molecular formula is C35H67O8P. The van der Waals surface area contributed by atoms with Crippen LogP contribution in [0.1, 0.15) is 181 Å². The Morgan fingerprint density at radius 2 is 0.955 bits per heavy atom. The number of phosphoric ester groups is 1. The smallest absolute Gasteiger partial charge is 0.462 e. The van der Waals surface area contributed by atoms with Crippen LogP contribution in [-0.4, -0.2) is 41.0 Å². The van der Waals surface area contributed by atoms with Gasteiger partial charge in [0, 0.05) is 12.8 Å². The van der Waals surface area contributed by atoms with Gasteiger partial charge in [-0.2, -0.15) is 0 Å². The molecule has 1 unspecified atom stereocenters. The number of allylic oxidation sites excluding steroid dienone is 2. The molecule has 0 aromatic heterocycles. The van der Waals surface area contributed by atoms with E-state index in [9.17, 15) is 14.2 Å². The third kappa shape index (κ3) is 33.7. The molecule has 9 heteroatoms. The maximum Gasteiger partial charge on any atom is 0.469 e. The Hall–Kier alpha value is -1.21. The quantitative estimate of drug-likeness (QED) is 0.0313. The number of esters is 2. The highest BCUT2D eigenvalue weighted by molar-refractivity contribution is 7.46. The number of rotatable bonds is 33. The first kappa shape index (κ1) is 42.8. The van der Waals surface area contributed by atoms with Crippen LogP contribution in [0.25, 0.3) is 0 Å². The van der Waals surface area contributed by atoms with E-state index >= 15 is 0 Å². The van der Waals surface area contributed by atoms with Crippen LogP contribution in [0.2, 0.25) is 0 Å². The zero-order chi connectivity index (χ0) is 32.6. The van der Waals surface area contributed by atoms with Crippen molar-refractivity contribution in [2.24, 2.45) is 0 Å². The molecule has 0 aliphatic rings. The van der Waals surface area contributed by atoms with Crippen molar-refractivity contribution >= 4 is 19.8 Å². The van der Waals surface area contributed by atoms with Crippen LogP contribution in [0.4, 0.5) is 0 Å². The van der Waals surface area contributed by atoms with Crippen LogP contribution < -0.4 is 0 Å². The summed E-state index contributed by atoms with van der Waals surface area (Å²) in [6, 6.07) is 0. The molecule has 8 nitrogen and oxygen atoms in total. The summed E-state index contributed by atoms with van der Waals surface area (Å²) in [5.41, 5.74) is 0. The van der Waals surface area contributed by atoms with Gasteiger partial charge in [0.1, 0.15) is 6.61 Å². The van der Waals surface area contributed by atoms with E-state index in [1.807, 2.05) is 0 Å². The second-order valence-electron chi connectivity index (χ2n) is 12.2. The minimum Gasteiger partial charge on any atom is -0.462 e. The van der Waals surface area contributed by atoms with Gasteiger partial charge in [-0.05, 0) is 38.5 Å². The molecule has 0 aromatic rings. The topological polar surface area (TPSA) is 119 Å². The van der Waals surface area contributed by atoms with E-state index in [1.54, 1.807) is 0 Å². The van der Waals surface area contributed by atoms with Crippen molar-refractivity contribution in [3.8, 4) is 0 Å². The third-order valence-corrected chi connectivity index (χ3v) is 8.27. The molecule has 0 aliphatic heterocycles. The Labute approximate surface area is 269 Å². The molecule has 0 rings (SSSR count). The summed E-state index contributed by atoms with van der Waals surface area (Å²) in [5.74, 6) is -0.889. The number of ether oxygens (including phenoxy) is 2. The van der Waals surface area contributed by atoms with Gasteiger partial charge in [0.2, 0.25) is 0 Å². The number of carbonyl (C=O) groups is 2. The van der Waals surface area contributed by atoms with Crippen molar-refractivity contribution in [2.45, 2.75) is 187 Å². The van der Waals surface area contributed by atoms with Crippen molar-refractivity contribution < 1.29 is 37.9 Å². The fourth-order valence-electron chi connectivity index (χ4n) is 5.07. The molecular weight excluding hydrogens is 579 g/mol. The molecule has 0 spiro atoms. The molecule has 0 radical (unpaired) electrons. The first-order valence-electron chi connectivity index (χ1n) is 18.0. The lowest BCUT2D eigenvalue weighted by atomic mass is 10.0. The fourth-order valence-corrected chi connectivity index (χ4v) is 5.43. The van der Waals surface area contributed by atoms with Gasteiger partial charge < -0.3 is 19.3 Å². The predicted octanol–water partition coefficient (Wildman–Crippen LogP) is 10.3. The van der Waals surface area contributed by atoms with Crippen LogP contribution in [-0.2, 0) is 28.2 Å². The van der Waals surface area contributed by atoms with Gasteiger partial charge >= 0.3 is 19.8 Å². The van der Waals surface area contributed by atoms with E-state index in [0.29, 0.717) is 12.8 Å². The molecule has 260 valence electrons. The average molecular weight is 647 g/mol. The van der Waals surface area contributed by atoms with Crippen molar-refractivity contribution in [3.63, 3.8) is 0 Å². The summed E-state index contributed by atoms with van der Waals surface area (Å²) >= 11 is 0. The zero-order valence-electron chi connectivity index (χ0n) is 28.3. The largest absolute Gasteiger partial charge is 0.469 e. The van der Waals surface area contributed by atoms with Gasteiger partial charge in [0.25, 0.3) is 0 Å². The molecule has 0 fully saturated rings.